The molecule has 112 valence electrons. The Labute approximate surface area is 120 Å². The van der Waals surface area contributed by atoms with Crippen LogP contribution in [0.1, 0.15) is 40.0 Å². The first-order chi connectivity index (χ1) is 9.46. The zero-order chi connectivity index (χ0) is 14.6. The van der Waals surface area contributed by atoms with Crippen molar-refractivity contribution in [1.82, 2.24) is 9.58 Å². The van der Waals surface area contributed by atoms with E-state index in [1.807, 2.05) is 54.9 Å². The van der Waals surface area contributed by atoms with Gasteiger partial charge in [-0.2, -0.15) is 0 Å². The molecule has 0 aliphatic carbocycles. The van der Waals surface area contributed by atoms with E-state index in [1.165, 1.54) is 0 Å². The maximum absolute atomic E-state index is 12.3. The van der Waals surface area contributed by atoms with Crippen LogP contribution in [0.5, 0.6) is 0 Å². The summed E-state index contributed by atoms with van der Waals surface area (Å²) in [4.78, 5) is 14.1. The molecule has 5 nitrogen and oxygen atoms in total. The molecule has 0 saturated carbocycles. The van der Waals surface area contributed by atoms with E-state index in [0.717, 1.165) is 32.4 Å². The summed E-state index contributed by atoms with van der Waals surface area (Å²) in [7, 11) is 0. The van der Waals surface area contributed by atoms with E-state index in [0.29, 0.717) is 0 Å². The molecular weight excluding hydrogens is 254 g/mol. The van der Waals surface area contributed by atoms with Gasteiger partial charge in [-0.3, -0.25) is 4.68 Å². The number of hydrogen-bond acceptors (Lipinski definition) is 3. The summed E-state index contributed by atoms with van der Waals surface area (Å²) in [5.74, 6) is 0. The SMILES string of the molecule is CC(C)(C)OC(=O)N1CCCCC1CNn1cccc1. The summed E-state index contributed by atoms with van der Waals surface area (Å²) in [6, 6.07) is 4.14. The molecule has 0 aromatic carbocycles. The molecule has 1 N–H and O–H groups in total. The molecule has 0 radical (unpaired) electrons. The van der Waals surface area contributed by atoms with Gasteiger partial charge in [-0.15, -0.1) is 0 Å². The van der Waals surface area contributed by atoms with Gasteiger partial charge in [0.2, 0.25) is 0 Å². The molecule has 20 heavy (non-hydrogen) atoms. The third kappa shape index (κ3) is 4.18. The van der Waals surface area contributed by atoms with Crippen LogP contribution in [-0.4, -0.2) is 40.4 Å². The minimum absolute atomic E-state index is 0.195. The van der Waals surface area contributed by atoms with Crippen LogP contribution in [0.15, 0.2) is 24.5 Å². The Kier molecular flexibility index (Phi) is 4.57. The van der Waals surface area contributed by atoms with E-state index < -0.39 is 5.60 Å². The maximum Gasteiger partial charge on any atom is 0.410 e. The van der Waals surface area contributed by atoms with E-state index in [4.69, 9.17) is 4.74 Å². The van der Waals surface area contributed by atoms with Gasteiger partial charge in [-0.1, -0.05) is 0 Å². The Hall–Kier alpha value is -1.65. The molecule has 0 bridgehead atoms. The molecule has 2 rings (SSSR count). The number of nitrogens with zero attached hydrogens (tertiary/aromatic N) is 2. The average molecular weight is 279 g/mol. The highest BCUT2D eigenvalue weighted by molar-refractivity contribution is 5.68. The molecule has 0 spiro atoms. The van der Waals surface area contributed by atoms with Crippen molar-refractivity contribution < 1.29 is 9.53 Å². The number of carbonyl (C=O) groups excluding carboxylic acids is 1. The number of carbonyl (C=O) groups is 1. The lowest BCUT2D eigenvalue weighted by Gasteiger charge is -2.37. The second-order valence-electron chi connectivity index (χ2n) is 6.28. The molecule has 1 aromatic rings. The summed E-state index contributed by atoms with van der Waals surface area (Å²) in [6.07, 6.45) is 6.96. The highest BCUT2D eigenvalue weighted by Crippen LogP contribution is 2.20. The summed E-state index contributed by atoms with van der Waals surface area (Å²) >= 11 is 0. The van der Waals surface area contributed by atoms with Gasteiger partial charge < -0.3 is 15.1 Å². The number of piperidine rings is 1. The second kappa shape index (κ2) is 6.20. The smallest absolute Gasteiger partial charge is 0.410 e. The molecule has 1 saturated heterocycles. The van der Waals surface area contributed by atoms with E-state index in [9.17, 15) is 4.79 Å². The number of nitrogens with one attached hydrogen (secondary N) is 1. The molecule has 1 aliphatic rings. The van der Waals surface area contributed by atoms with Crippen molar-refractivity contribution in [1.29, 1.82) is 0 Å². The molecule has 1 aliphatic heterocycles. The number of amides is 1. The van der Waals surface area contributed by atoms with Crippen molar-refractivity contribution in [3.05, 3.63) is 24.5 Å². The monoisotopic (exact) mass is 279 g/mol. The largest absolute Gasteiger partial charge is 0.444 e. The van der Waals surface area contributed by atoms with E-state index in [1.54, 1.807) is 0 Å². The first kappa shape index (κ1) is 14.8. The fourth-order valence-electron chi connectivity index (χ4n) is 2.42. The van der Waals surface area contributed by atoms with Crippen LogP contribution in [0.4, 0.5) is 4.79 Å². The molecule has 1 aromatic heterocycles. The lowest BCUT2D eigenvalue weighted by Crippen LogP contribution is -2.49. The lowest BCUT2D eigenvalue weighted by atomic mass is 10.0. The molecule has 1 fully saturated rings. The maximum atomic E-state index is 12.3. The average Bonchev–Trinajstić information content (AvgIpc) is 2.87. The molecule has 1 atom stereocenters. The van der Waals surface area contributed by atoms with Crippen molar-refractivity contribution in [2.45, 2.75) is 51.7 Å². The molecule has 1 amide bonds. The second-order valence-corrected chi connectivity index (χ2v) is 6.28. The summed E-state index contributed by atoms with van der Waals surface area (Å²) in [5, 5.41) is 0. The van der Waals surface area contributed by atoms with Crippen LogP contribution in [0.2, 0.25) is 0 Å². The third-order valence-corrected chi connectivity index (χ3v) is 3.37. The van der Waals surface area contributed by atoms with Gasteiger partial charge in [0, 0.05) is 18.9 Å². The summed E-state index contributed by atoms with van der Waals surface area (Å²) in [6.45, 7) is 7.24. The zero-order valence-corrected chi connectivity index (χ0v) is 12.6. The van der Waals surface area contributed by atoms with Crippen molar-refractivity contribution in [3.63, 3.8) is 0 Å². The van der Waals surface area contributed by atoms with Crippen molar-refractivity contribution in [2.75, 3.05) is 18.5 Å². The standard InChI is InChI=1S/C15H25N3O2/c1-15(2,3)20-14(19)18-11-5-4-8-13(18)12-16-17-9-6-7-10-17/h6-7,9-10,13,16H,4-5,8,11-12H2,1-3H3. The highest BCUT2D eigenvalue weighted by Gasteiger charge is 2.30. The number of ether oxygens (including phenoxy) is 1. The predicted molar refractivity (Wildman–Crippen MR) is 79.2 cm³/mol. The van der Waals surface area contributed by atoms with Crippen LogP contribution < -0.4 is 5.43 Å². The fourth-order valence-corrected chi connectivity index (χ4v) is 2.42. The van der Waals surface area contributed by atoms with Gasteiger partial charge in [0.05, 0.1) is 12.6 Å². The van der Waals surface area contributed by atoms with Gasteiger partial charge in [-0.05, 0) is 52.2 Å². The van der Waals surface area contributed by atoms with E-state index in [-0.39, 0.29) is 12.1 Å². The van der Waals surface area contributed by atoms with Gasteiger partial charge in [0.25, 0.3) is 0 Å². The molecular formula is C15H25N3O2. The summed E-state index contributed by atoms with van der Waals surface area (Å²) < 4.78 is 7.42. The first-order valence-electron chi connectivity index (χ1n) is 7.32. The number of hydrogen-bond donors (Lipinski definition) is 1. The quantitative estimate of drug-likeness (QED) is 0.925. The van der Waals surface area contributed by atoms with Crippen LogP contribution in [-0.2, 0) is 4.74 Å². The molecule has 2 heterocycles. The first-order valence-corrected chi connectivity index (χ1v) is 7.32. The van der Waals surface area contributed by atoms with Crippen LogP contribution in [0.3, 0.4) is 0 Å². The van der Waals surface area contributed by atoms with Crippen LogP contribution >= 0.6 is 0 Å². The van der Waals surface area contributed by atoms with E-state index in [2.05, 4.69) is 5.43 Å². The Morgan fingerprint density at radius 3 is 2.65 bits per heavy atom. The zero-order valence-electron chi connectivity index (χ0n) is 12.6. The lowest BCUT2D eigenvalue weighted by molar-refractivity contribution is 0.0111. The molecule has 5 heteroatoms. The Morgan fingerprint density at radius 2 is 2.00 bits per heavy atom. The fraction of sp³-hybridized carbons (Fsp3) is 0.667. The van der Waals surface area contributed by atoms with Gasteiger partial charge in [-0.25, -0.2) is 4.79 Å². The molecule has 1 unspecified atom stereocenters. The normalized spacial score (nSPS) is 19.8. The third-order valence-electron chi connectivity index (χ3n) is 3.37. The van der Waals surface area contributed by atoms with Crippen LogP contribution in [0, 0.1) is 0 Å². The number of rotatable bonds is 3. The Bertz CT molecular complexity index is 423. The van der Waals surface area contributed by atoms with Gasteiger partial charge in [0.1, 0.15) is 5.60 Å². The topological polar surface area (TPSA) is 46.5 Å². The van der Waals surface area contributed by atoms with Crippen LogP contribution in [0.25, 0.3) is 0 Å². The van der Waals surface area contributed by atoms with Crippen molar-refractivity contribution in [3.8, 4) is 0 Å². The van der Waals surface area contributed by atoms with Gasteiger partial charge in [0.15, 0.2) is 0 Å². The Morgan fingerprint density at radius 1 is 1.30 bits per heavy atom. The van der Waals surface area contributed by atoms with Gasteiger partial charge >= 0.3 is 6.09 Å². The number of likely N-dealkylation sites (tertiary alicyclic amines) is 1. The highest BCUT2D eigenvalue weighted by atomic mass is 16.6. The number of aromatic nitrogens is 1. The van der Waals surface area contributed by atoms with Crippen molar-refractivity contribution >= 4 is 6.09 Å². The van der Waals surface area contributed by atoms with E-state index >= 15 is 0 Å². The minimum Gasteiger partial charge on any atom is -0.444 e. The Balaban J connectivity index is 1.92. The predicted octanol–water partition coefficient (Wildman–Crippen LogP) is 2.82. The minimum atomic E-state index is -0.438. The van der Waals surface area contributed by atoms with Crippen molar-refractivity contribution in [2.24, 2.45) is 0 Å². The summed E-state index contributed by atoms with van der Waals surface area (Å²) in [5.41, 5.74) is 2.87.